The molecular weight excluding hydrogens is 282 g/mol. The number of aromatic nitrogens is 1. The fourth-order valence-corrected chi connectivity index (χ4v) is 3.36. The Morgan fingerprint density at radius 1 is 1.19 bits per heavy atom. The van der Waals surface area contributed by atoms with Gasteiger partial charge >= 0.3 is 5.97 Å². The molecule has 0 atom stereocenters. The molecule has 108 valence electrons. The Bertz CT molecular complexity index is 743. The quantitative estimate of drug-likeness (QED) is 0.742. The van der Waals surface area contributed by atoms with Crippen molar-refractivity contribution in [3.8, 4) is 0 Å². The normalized spacial score (nSPS) is 11.0. The summed E-state index contributed by atoms with van der Waals surface area (Å²) in [5, 5.41) is 12.1. The molecular formula is C17H17NO2S. The van der Waals surface area contributed by atoms with Gasteiger partial charge in [0.15, 0.2) is 0 Å². The van der Waals surface area contributed by atoms with Gasteiger partial charge in [0.1, 0.15) is 0 Å². The van der Waals surface area contributed by atoms with Crippen molar-refractivity contribution in [1.29, 1.82) is 0 Å². The van der Waals surface area contributed by atoms with Crippen LogP contribution in [0.1, 0.15) is 23.3 Å². The first-order valence-corrected chi connectivity index (χ1v) is 7.93. The summed E-state index contributed by atoms with van der Waals surface area (Å²) >= 11 is 1.76. The van der Waals surface area contributed by atoms with Crippen molar-refractivity contribution in [2.75, 3.05) is 0 Å². The van der Waals surface area contributed by atoms with Crippen LogP contribution in [-0.2, 0) is 17.8 Å². The summed E-state index contributed by atoms with van der Waals surface area (Å²) in [5.41, 5.74) is 2.46. The van der Waals surface area contributed by atoms with E-state index in [4.69, 9.17) is 5.11 Å². The van der Waals surface area contributed by atoms with Gasteiger partial charge in [-0.1, -0.05) is 24.3 Å². The Labute approximate surface area is 127 Å². The maximum atomic E-state index is 10.7. The molecule has 0 aliphatic rings. The van der Waals surface area contributed by atoms with E-state index in [1.54, 1.807) is 11.3 Å². The van der Waals surface area contributed by atoms with E-state index in [0.29, 0.717) is 6.42 Å². The van der Waals surface area contributed by atoms with Crippen molar-refractivity contribution in [3.63, 3.8) is 0 Å². The Hall–Kier alpha value is -2.07. The second kappa shape index (κ2) is 6.14. The van der Waals surface area contributed by atoms with Crippen LogP contribution >= 0.6 is 11.3 Å². The zero-order valence-electron chi connectivity index (χ0n) is 11.7. The third-order valence-corrected chi connectivity index (χ3v) is 4.48. The van der Waals surface area contributed by atoms with Crippen LogP contribution in [-0.4, -0.2) is 15.6 Å². The van der Waals surface area contributed by atoms with Crippen LogP contribution in [0.4, 0.5) is 0 Å². The zero-order valence-corrected chi connectivity index (χ0v) is 12.5. The first-order valence-electron chi connectivity index (χ1n) is 7.05. The van der Waals surface area contributed by atoms with Crippen LogP contribution in [0.15, 0.2) is 48.0 Å². The molecule has 0 saturated carbocycles. The maximum absolute atomic E-state index is 10.7. The number of hydrogen-bond acceptors (Lipinski definition) is 2. The molecule has 0 bridgehead atoms. The minimum Gasteiger partial charge on any atom is -0.481 e. The van der Waals surface area contributed by atoms with E-state index in [9.17, 15) is 4.79 Å². The third kappa shape index (κ3) is 3.16. The third-order valence-electron chi connectivity index (χ3n) is 3.61. The summed E-state index contributed by atoms with van der Waals surface area (Å²) in [6, 6.07) is 12.6. The SMILES string of the molecule is O=C(O)CCCc1cn(Cc2cccs2)c2ccccc12. The van der Waals surface area contributed by atoms with E-state index in [-0.39, 0.29) is 6.42 Å². The molecule has 0 aliphatic heterocycles. The fourth-order valence-electron chi connectivity index (χ4n) is 2.65. The number of thiophene rings is 1. The number of carbonyl (C=O) groups is 1. The van der Waals surface area contributed by atoms with Gasteiger partial charge in [-0.2, -0.15) is 0 Å². The fraction of sp³-hybridized carbons (Fsp3) is 0.235. The average molecular weight is 299 g/mol. The zero-order chi connectivity index (χ0) is 14.7. The highest BCUT2D eigenvalue weighted by Crippen LogP contribution is 2.24. The number of nitrogens with zero attached hydrogens (tertiary/aromatic N) is 1. The van der Waals surface area contributed by atoms with E-state index in [1.165, 1.54) is 21.3 Å². The molecule has 1 N–H and O–H groups in total. The number of para-hydroxylation sites is 1. The predicted molar refractivity (Wildman–Crippen MR) is 85.9 cm³/mol. The van der Waals surface area contributed by atoms with E-state index in [2.05, 4.69) is 40.4 Å². The molecule has 21 heavy (non-hydrogen) atoms. The van der Waals surface area contributed by atoms with E-state index >= 15 is 0 Å². The Balaban J connectivity index is 1.88. The van der Waals surface area contributed by atoms with E-state index in [1.807, 2.05) is 12.1 Å². The van der Waals surface area contributed by atoms with Gasteiger partial charge in [0.2, 0.25) is 0 Å². The second-order valence-corrected chi connectivity index (χ2v) is 6.16. The predicted octanol–water partition coefficient (Wildman–Crippen LogP) is 4.16. The number of carboxylic acids is 1. The van der Waals surface area contributed by atoms with Gasteiger partial charge in [0, 0.05) is 28.4 Å². The molecule has 0 aliphatic carbocycles. The monoisotopic (exact) mass is 299 g/mol. The molecule has 3 aromatic rings. The van der Waals surface area contributed by atoms with Gasteiger partial charge in [0.25, 0.3) is 0 Å². The Morgan fingerprint density at radius 3 is 2.81 bits per heavy atom. The van der Waals surface area contributed by atoms with Crippen molar-refractivity contribution < 1.29 is 9.90 Å². The molecule has 0 fully saturated rings. The van der Waals surface area contributed by atoms with Crippen LogP contribution in [0.3, 0.4) is 0 Å². The molecule has 3 rings (SSSR count). The molecule has 3 nitrogen and oxygen atoms in total. The number of carboxylic acid groups (broad SMARTS) is 1. The number of fused-ring (bicyclic) bond motifs is 1. The van der Waals surface area contributed by atoms with Crippen LogP contribution in [0.2, 0.25) is 0 Å². The lowest BCUT2D eigenvalue weighted by atomic mass is 10.1. The van der Waals surface area contributed by atoms with Crippen LogP contribution < -0.4 is 0 Å². The lowest BCUT2D eigenvalue weighted by Gasteiger charge is -2.02. The van der Waals surface area contributed by atoms with Crippen molar-refractivity contribution in [1.82, 2.24) is 4.57 Å². The van der Waals surface area contributed by atoms with Crippen molar-refractivity contribution in [3.05, 3.63) is 58.4 Å². The molecule has 2 aromatic heterocycles. The summed E-state index contributed by atoms with van der Waals surface area (Å²) in [6.07, 6.45) is 3.89. The smallest absolute Gasteiger partial charge is 0.303 e. The average Bonchev–Trinajstić information content (AvgIpc) is 3.09. The summed E-state index contributed by atoms with van der Waals surface area (Å²) in [6.45, 7) is 0.872. The first-order chi connectivity index (χ1) is 10.2. The lowest BCUT2D eigenvalue weighted by Crippen LogP contribution is -1.96. The largest absolute Gasteiger partial charge is 0.481 e. The highest BCUT2D eigenvalue weighted by Gasteiger charge is 2.09. The van der Waals surface area contributed by atoms with E-state index in [0.717, 1.165) is 13.0 Å². The summed E-state index contributed by atoms with van der Waals surface area (Å²) in [7, 11) is 0. The van der Waals surface area contributed by atoms with Gasteiger partial charge in [-0.25, -0.2) is 0 Å². The maximum Gasteiger partial charge on any atom is 0.303 e. The summed E-state index contributed by atoms with van der Waals surface area (Å²) < 4.78 is 2.26. The second-order valence-electron chi connectivity index (χ2n) is 5.13. The highest BCUT2D eigenvalue weighted by molar-refractivity contribution is 7.09. The minimum absolute atomic E-state index is 0.227. The lowest BCUT2D eigenvalue weighted by molar-refractivity contribution is -0.137. The van der Waals surface area contributed by atoms with Gasteiger partial charge in [-0.05, 0) is 35.9 Å². The van der Waals surface area contributed by atoms with Crippen LogP contribution in [0, 0.1) is 0 Å². The van der Waals surface area contributed by atoms with Crippen molar-refractivity contribution in [2.24, 2.45) is 0 Å². The van der Waals surface area contributed by atoms with E-state index < -0.39 is 5.97 Å². The Morgan fingerprint density at radius 2 is 2.05 bits per heavy atom. The number of benzene rings is 1. The molecule has 4 heteroatoms. The highest BCUT2D eigenvalue weighted by atomic mass is 32.1. The number of aryl methyl sites for hydroxylation is 1. The van der Waals surface area contributed by atoms with Gasteiger partial charge in [-0.3, -0.25) is 4.79 Å². The van der Waals surface area contributed by atoms with Gasteiger partial charge in [0.05, 0.1) is 6.54 Å². The number of rotatable bonds is 6. The molecule has 0 spiro atoms. The molecule has 2 heterocycles. The van der Waals surface area contributed by atoms with Crippen molar-refractivity contribution in [2.45, 2.75) is 25.8 Å². The van der Waals surface area contributed by atoms with Crippen LogP contribution in [0.25, 0.3) is 10.9 Å². The number of hydrogen-bond donors (Lipinski definition) is 1. The standard InChI is InChI=1S/C17H17NO2S/c19-17(20)9-3-5-13-11-18(12-14-6-4-10-21-14)16-8-2-1-7-15(13)16/h1-2,4,6-8,10-11H,3,5,9,12H2,(H,19,20). The Kier molecular flexibility index (Phi) is 4.06. The summed E-state index contributed by atoms with van der Waals surface area (Å²) in [4.78, 5) is 12.0. The first kappa shape index (κ1) is 13.9. The minimum atomic E-state index is -0.725. The summed E-state index contributed by atoms with van der Waals surface area (Å²) in [5.74, 6) is -0.725. The molecule has 0 saturated heterocycles. The molecule has 0 amide bonds. The van der Waals surface area contributed by atoms with Crippen LogP contribution in [0.5, 0.6) is 0 Å². The molecule has 0 radical (unpaired) electrons. The molecule has 1 aromatic carbocycles. The van der Waals surface area contributed by atoms with Gasteiger partial charge < -0.3 is 9.67 Å². The topological polar surface area (TPSA) is 42.2 Å². The molecule has 0 unspecified atom stereocenters. The number of aliphatic carboxylic acids is 1. The van der Waals surface area contributed by atoms with Gasteiger partial charge in [-0.15, -0.1) is 11.3 Å². The van der Waals surface area contributed by atoms with Crippen molar-refractivity contribution >= 4 is 28.2 Å².